The maximum absolute atomic E-state index is 13.7. The Kier molecular flexibility index (Phi) is 10.8. The van der Waals surface area contributed by atoms with Crippen LogP contribution >= 0.6 is 0 Å². The third kappa shape index (κ3) is 7.21. The lowest BCUT2D eigenvalue weighted by Gasteiger charge is -2.35. The van der Waals surface area contributed by atoms with E-state index in [0.29, 0.717) is 19.7 Å². The number of hydrogen-bond donors (Lipinski definition) is 5. The van der Waals surface area contributed by atoms with E-state index in [9.17, 15) is 19.5 Å². The summed E-state index contributed by atoms with van der Waals surface area (Å²) in [6.07, 6.45) is 3.06. The van der Waals surface area contributed by atoms with Crippen molar-refractivity contribution in [3.63, 3.8) is 0 Å². The molecule has 3 aliphatic heterocycles. The van der Waals surface area contributed by atoms with Crippen LogP contribution in [0, 0.1) is 11.8 Å². The average Bonchev–Trinajstić information content (AvgIpc) is 4.06. The standard InChI is InChI=1S/C43H52N8O7/c1-22(2)35(48-42(54)56-5)40(52)50-15-7-9-32(50)38-44-20-31(46-38)25-11-13-27-26(17-25)21-58-34-19-28-24(18-29(27)34)12-14-30-37(28)47-39(45-30)33-10-8-16-51(33)41(53)36(23(3)4)49-43(55)57-6/h11-14,17-20,22-23,32-33,35-36,40,52H,7-10,15-16,21H2,1-6H3,(H,44,46)(H,45,47)(H,48,54)(H,49,55). The van der Waals surface area contributed by atoms with Crippen molar-refractivity contribution in [1.82, 2.24) is 40.4 Å². The number of fused-ring (bicyclic) bond motifs is 6. The maximum Gasteiger partial charge on any atom is 0.407 e. The van der Waals surface area contributed by atoms with Crippen LogP contribution in [0.5, 0.6) is 5.75 Å². The number of amides is 3. The zero-order valence-corrected chi connectivity index (χ0v) is 33.8. The molecule has 15 nitrogen and oxygen atoms in total. The number of H-pyrrole nitrogens is 2. The minimum absolute atomic E-state index is 0.0167. The first-order valence-electron chi connectivity index (χ1n) is 20.2. The van der Waals surface area contributed by atoms with Gasteiger partial charge in [-0.05, 0) is 83.9 Å². The Balaban J connectivity index is 1.03. The molecular formula is C43H52N8O7. The predicted octanol–water partition coefficient (Wildman–Crippen LogP) is 6.55. The summed E-state index contributed by atoms with van der Waals surface area (Å²) in [7, 11) is 2.61. The molecule has 8 rings (SSSR count). The van der Waals surface area contributed by atoms with Gasteiger partial charge in [0, 0.05) is 24.0 Å². The van der Waals surface area contributed by atoms with Gasteiger partial charge in [0.05, 0.1) is 55.3 Å². The molecule has 0 spiro atoms. The number of aromatic amines is 2. The number of carbonyl (C=O) groups is 3. The van der Waals surface area contributed by atoms with Gasteiger partial charge in [-0.15, -0.1) is 0 Å². The van der Waals surface area contributed by atoms with E-state index in [4.69, 9.17) is 24.2 Å². The number of aromatic nitrogens is 4. The highest BCUT2D eigenvalue weighted by Crippen LogP contribution is 2.43. The second kappa shape index (κ2) is 15.9. The van der Waals surface area contributed by atoms with Crippen LogP contribution in [0.15, 0.2) is 48.7 Å². The molecule has 2 saturated heterocycles. The lowest BCUT2D eigenvalue weighted by molar-refractivity contribution is -0.135. The van der Waals surface area contributed by atoms with Gasteiger partial charge in [0.2, 0.25) is 5.91 Å². The third-order valence-corrected chi connectivity index (χ3v) is 12.0. The maximum atomic E-state index is 13.7. The Morgan fingerprint density at radius 3 is 2.40 bits per heavy atom. The Morgan fingerprint density at radius 1 is 0.879 bits per heavy atom. The van der Waals surface area contributed by atoms with Gasteiger partial charge in [-0.3, -0.25) is 9.69 Å². The molecule has 3 aliphatic rings. The quantitative estimate of drug-likeness (QED) is 0.104. The average molecular weight is 793 g/mol. The number of aliphatic hydroxyl groups is 1. The zero-order chi connectivity index (χ0) is 40.8. The number of benzene rings is 3. The molecule has 15 heteroatoms. The van der Waals surface area contributed by atoms with Crippen LogP contribution in [0.1, 0.15) is 82.7 Å². The summed E-state index contributed by atoms with van der Waals surface area (Å²) < 4.78 is 16.0. The van der Waals surface area contributed by atoms with Crippen LogP contribution < -0.4 is 15.4 Å². The van der Waals surface area contributed by atoms with Gasteiger partial charge in [-0.25, -0.2) is 19.6 Å². The molecule has 3 aromatic carbocycles. The van der Waals surface area contributed by atoms with E-state index in [-0.39, 0.29) is 29.8 Å². The van der Waals surface area contributed by atoms with Crippen molar-refractivity contribution in [2.75, 3.05) is 27.3 Å². The van der Waals surface area contributed by atoms with Crippen LogP contribution in [-0.2, 0) is 20.9 Å². The highest BCUT2D eigenvalue weighted by molar-refractivity contribution is 6.07. The number of ether oxygens (including phenoxy) is 3. The number of alkyl carbamates (subject to hydrolysis) is 2. The first kappa shape index (κ1) is 39.2. The van der Waals surface area contributed by atoms with Crippen LogP contribution in [0.3, 0.4) is 0 Å². The number of nitrogens with zero attached hydrogens (tertiary/aromatic N) is 4. The topological polar surface area (TPSA) is 187 Å². The number of imidazole rings is 2. The largest absolute Gasteiger partial charge is 0.488 e. The number of aliphatic hydroxyl groups excluding tert-OH is 1. The molecule has 0 saturated carbocycles. The molecule has 2 fully saturated rings. The van der Waals surface area contributed by atoms with Crippen molar-refractivity contribution in [3.8, 4) is 28.1 Å². The van der Waals surface area contributed by atoms with Crippen molar-refractivity contribution in [1.29, 1.82) is 0 Å². The SMILES string of the molecule is COC(=O)NC(C(=O)N1CCCC1c1nc2c(ccc3cc4c(cc32)OCc2cc(-c3cnc(C5CCCN5C(O)C(NC(=O)OC)C(C)C)[nH]3)ccc2-4)[nH]1)C(C)C. The summed E-state index contributed by atoms with van der Waals surface area (Å²) in [5, 5.41) is 18.9. The molecule has 2 aromatic heterocycles. The summed E-state index contributed by atoms with van der Waals surface area (Å²) in [5.74, 6) is 1.99. The fourth-order valence-electron chi connectivity index (χ4n) is 8.86. The molecular weight excluding hydrogens is 741 g/mol. The van der Waals surface area contributed by atoms with Gasteiger partial charge < -0.3 is 44.8 Å². The smallest absolute Gasteiger partial charge is 0.407 e. The van der Waals surface area contributed by atoms with E-state index >= 15 is 0 Å². The van der Waals surface area contributed by atoms with Crippen molar-refractivity contribution in [3.05, 3.63) is 65.9 Å². The van der Waals surface area contributed by atoms with E-state index in [1.54, 1.807) is 0 Å². The Hall–Kier alpha value is -5.67. The number of hydrogen-bond acceptors (Lipinski definition) is 10. The summed E-state index contributed by atoms with van der Waals surface area (Å²) >= 11 is 0. The second-order valence-corrected chi connectivity index (χ2v) is 16.3. The molecule has 0 bridgehead atoms. The lowest BCUT2D eigenvalue weighted by Crippen LogP contribution is -2.54. The molecule has 5 N–H and O–H groups in total. The van der Waals surface area contributed by atoms with Gasteiger partial charge in [0.25, 0.3) is 0 Å². The van der Waals surface area contributed by atoms with E-state index in [2.05, 4.69) is 57.0 Å². The molecule has 5 heterocycles. The molecule has 5 aromatic rings. The van der Waals surface area contributed by atoms with E-state index in [0.717, 1.165) is 92.8 Å². The molecule has 58 heavy (non-hydrogen) atoms. The number of likely N-dealkylation sites (tertiary alicyclic amines) is 2. The molecule has 306 valence electrons. The summed E-state index contributed by atoms with van der Waals surface area (Å²) in [5.41, 5.74) is 6.70. The normalized spacial score (nSPS) is 19.5. The van der Waals surface area contributed by atoms with Crippen molar-refractivity contribution in [2.45, 2.75) is 90.4 Å². The number of rotatable bonds is 10. The molecule has 0 aliphatic carbocycles. The van der Waals surface area contributed by atoms with Crippen LogP contribution in [0.2, 0.25) is 0 Å². The number of carbonyl (C=O) groups excluding carboxylic acids is 3. The molecule has 5 unspecified atom stereocenters. The number of methoxy groups -OCH3 is 2. The highest BCUT2D eigenvalue weighted by atomic mass is 16.5. The number of nitrogens with one attached hydrogen (secondary N) is 4. The van der Waals surface area contributed by atoms with Gasteiger partial charge >= 0.3 is 12.2 Å². The van der Waals surface area contributed by atoms with Gasteiger partial charge in [-0.2, -0.15) is 0 Å². The first-order valence-corrected chi connectivity index (χ1v) is 20.2. The monoisotopic (exact) mass is 792 g/mol. The van der Waals surface area contributed by atoms with E-state index in [1.807, 2.05) is 49.8 Å². The zero-order valence-electron chi connectivity index (χ0n) is 33.8. The van der Waals surface area contributed by atoms with Crippen LogP contribution in [0.25, 0.3) is 44.2 Å². The molecule has 0 radical (unpaired) electrons. The Bertz CT molecular complexity index is 2350. The fourth-order valence-corrected chi connectivity index (χ4v) is 8.86. The summed E-state index contributed by atoms with van der Waals surface area (Å²) in [6.45, 7) is 9.39. The van der Waals surface area contributed by atoms with E-state index < -0.39 is 30.5 Å². The van der Waals surface area contributed by atoms with Gasteiger partial charge in [-0.1, -0.05) is 45.9 Å². The Morgan fingerprint density at radius 2 is 1.64 bits per heavy atom. The minimum atomic E-state index is -0.905. The van der Waals surface area contributed by atoms with Crippen LogP contribution in [0.4, 0.5) is 9.59 Å². The predicted molar refractivity (Wildman–Crippen MR) is 218 cm³/mol. The van der Waals surface area contributed by atoms with E-state index in [1.165, 1.54) is 14.2 Å². The first-order chi connectivity index (χ1) is 27.9. The van der Waals surface area contributed by atoms with Crippen LogP contribution in [-0.4, -0.2) is 98.6 Å². The van der Waals surface area contributed by atoms with Crippen molar-refractivity contribution >= 4 is 39.9 Å². The molecule has 5 atom stereocenters. The fraction of sp³-hybridized carbons (Fsp3) is 0.465. The van der Waals surface area contributed by atoms with Crippen molar-refractivity contribution in [2.24, 2.45) is 11.8 Å². The van der Waals surface area contributed by atoms with Gasteiger partial charge in [0.1, 0.15) is 36.3 Å². The Labute approximate surface area is 336 Å². The molecule has 3 amide bonds. The second-order valence-electron chi connectivity index (χ2n) is 16.3. The van der Waals surface area contributed by atoms with Gasteiger partial charge in [0.15, 0.2) is 0 Å². The minimum Gasteiger partial charge on any atom is -0.488 e. The third-order valence-electron chi connectivity index (χ3n) is 12.0. The summed E-state index contributed by atoms with van der Waals surface area (Å²) in [4.78, 5) is 58.5. The lowest BCUT2D eigenvalue weighted by atomic mass is 9.92. The summed E-state index contributed by atoms with van der Waals surface area (Å²) in [6, 6.07) is 13.1. The highest BCUT2D eigenvalue weighted by Gasteiger charge is 2.39. The van der Waals surface area contributed by atoms with Crippen molar-refractivity contribution < 1.29 is 33.7 Å².